The third kappa shape index (κ3) is 2.67. The Kier molecular flexibility index (Phi) is 3.82. The first-order valence-corrected chi connectivity index (χ1v) is 7.08. The van der Waals surface area contributed by atoms with Gasteiger partial charge < -0.3 is 10.0 Å². The summed E-state index contributed by atoms with van der Waals surface area (Å²) in [6.45, 7) is 0.442. The first-order valence-electron chi connectivity index (χ1n) is 7.08. The van der Waals surface area contributed by atoms with Gasteiger partial charge in [0.15, 0.2) is 0 Å². The van der Waals surface area contributed by atoms with Crippen molar-refractivity contribution >= 4 is 11.9 Å². The lowest BCUT2D eigenvalue weighted by Gasteiger charge is -2.20. The Bertz CT molecular complexity index is 686. The lowest BCUT2D eigenvalue weighted by Crippen LogP contribution is -2.40. The molecule has 1 aromatic carbocycles. The van der Waals surface area contributed by atoms with Crippen LogP contribution in [0.5, 0.6) is 0 Å². The van der Waals surface area contributed by atoms with Crippen molar-refractivity contribution in [3.05, 3.63) is 48.4 Å². The van der Waals surface area contributed by atoms with Gasteiger partial charge in [0.2, 0.25) is 0 Å². The molecule has 1 fully saturated rings. The van der Waals surface area contributed by atoms with Crippen LogP contribution < -0.4 is 0 Å². The summed E-state index contributed by atoms with van der Waals surface area (Å²) < 4.78 is 0. The Labute approximate surface area is 127 Å². The number of carboxylic acid groups (broad SMARTS) is 1. The van der Waals surface area contributed by atoms with Gasteiger partial charge in [-0.15, -0.1) is 0 Å². The van der Waals surface area contributed by atoms with Gasteiger partial charge in [0.1, 0.15) is 11.7 Å². The number of amides is 1. The Morgan fingerprint density at radius 3 is 2.55 bits per heavy atom. The number of aliphatic carboxylic acids is 1. The number of carbonyl (C=O) groups excluding carboxylic acids is 1. The van der Waals surface area contributed by atoms with Crippen molar-refractivity contribution in [2.75, 3.05) is 6.54 Å². The summed E-state index contributed by atoms with van der Waals surface area (Å²) in [6.07, 6.45) is 4.12. The summed E-state index contributed by atoms with van der Waals surface area (Å²) in [7, 11) is 0. The molecular formula is C16H15N3O3. The van der Waals surface area contributed by atoms with Crippen molar-refractivity contribution in [3.8, 4) is 11.3 Å². The van der Waals surface area contributed by atoms with E-state index in [2.05, 4.69) is 9.97 Å². The van der Waals surface area contributed by atoms with Crippen molar-refractivity contribution in [1.29, 1.82) is 0 Å². The van der Waals surface area contributed by atoms with Gasteiger partial charge in [-0.25, -0.2) is 9.78 Å². The molecule has 1 atom stereocenters. The quantitative estimate of drug-likeness (QED) is 0.934. The molecule has 0 aliphatic carbocycles. The number of carboxylic acids is 1. The standard InChI is InChI=1S/C16H15N3O3/c20-15(19-8-4-7-14(19)16(21)22)13-10-17-12(9-18-13)11-5-2-1-3-6-11/h1-3,5-6,9-10,14H,4,7-8H2,(H,21,22). The summed E-state index contributed by atoms with van der Waals surface area (Å²) in [6, 6.07) is 8.77. The molecule has 1 aromatic heterocycles. The summed E-state index contributed by atoms with van der Waals surface area (Å²) in [5, 5.41) is 9.14. The number of hydrogen-bond acceptors (Lipinski definition) is 4. The van der Waals surface area contributed by atoms with Crippen LogP contribution in [0.2, 0.25) is 0 Å². The lowest BCUT2D eigenvalue weighted by atomic mass is 10.1. The second-order valence-corrected chi connectivity index (χ2v) is 5.15. The van der Waals surface area contributed by atoms with Crippen LogP contribution in [-0.2, 0) is 4.79 Å². The molecule has 3 rings (SSSR count). The minimum absolute atomic E-state index is 0.174. The molecule has 6 nitrogen and oxygen atoms in total. The van der Waals surface area contributed by atoms with Gasteiger partial charge in [0.05, 0.1) is 18.1 Å². The van der Waals surface area contributed by atoms with E-state index >= 15 is 0 Å². The first-order chi connectivity index (χ1) is 10.7. The third-order valence-corrected chi connectivity index (χ3v) is 3.74. The smallest absolute Gasteiger partial charge is 0.326 e. The van der Waals surface area contributed by atoms with E-state index in [-0.39, 0.29) is 11.6 Å². The Hall–Kier alpha value is -2.76. The first kappa shape index (κ1) is 14.2. The Balaban J connectivity index is 1.81. The van der Waals surface area contributed by atoms with Crippen LogP contribution in [0.15, 0.2) is 42.7 Å². The average Bonchev–Trinajstić information content (AvgIpc) is 3.05. The maximum Gasteiger partial charge on any atom is 0.326 e. The predicted molar refractivity (Wildman–Crippen MR) is 79.2 cm³/mol. The second kappa shape index (κ2) is 5.93. The average molecular weight is 297 g/mol. The fourth-order valence-electron chi connectivity index (χ4n) is 2.61. The van der Waals surface area contributed by atoms with E-state index in [9.17, 15) is 9.59 Å². The van der Waals surface area contributed by atoms with E-state index in [0.29, 0.717) is 25.1 Å². The van der Waals surface area contributed by atoms with Crippen molar-refractivity contribution in [2.24, 2.45) is 0 Å². The van der Waals surface area contributed by atoms with E-state index in [1.54, 1.807) is 0 Å². The molecule has 1 aliphatic heterocycles. The molecule has 0 bridgehead atoms. The van der Waals surface area contributed by atoms with Crippen LogP contribution in [0.25, 0.3) is 11.3 Å². The maximum absolute atomic E-state index is 12.4. The summed E-state index contributed by atoms with van der Waals surface area (Å²) >= 11 is 0. The number of rotatable bonds is 3. The fraction of sp³-hybridized carbons (Fsp3) is 0.250. The molecule has 0 saturated carbocycles. The summed E-state index contributed by atoms with van der Waals surface area (Å²) in [4.78, 5) is 33.3. The molecule has 2 heterocycles. The summed E-state index contributed by atoms with van der Waals surface area (Å²) in [5.41, 5.74) is 1.76. The minimum atomic E-state index is -0.972. The van der Waals surface area contributed by atoms with Crippen LogP contribution in [-0.4, -0.2) is 44.4 Å². The number of carbonyl (C=O) groups is 2. The molecule has 1 amide bonds. The maximum atomic E-state index is 12.4. The number of aromatic nitrogens is 2. The summed E-state index contributed by atoms with van der Waals surface area (Å²) in [5.74, 6) is -1.35. The molecule has 22 heavy (non-hydrogen) atoms. The largest absolute Gasteiger partial charge is 0.480 e. The fourth-order valence-corrected chi connectivity index (χ4v) is 2.61. The van der Waals surface area contributed by atoms with E-state index in [0.717, 1.165) is 5.56 Å². The zero-order valence-electron chi connectivity index (χ0n) is 11.8. The van der Waals surface area contributed by atoms with Crippen LogP contribution in [0.4, 0.5) is 0 Å². The molecule has 0 radical (unpaired) electrons. The van der Waals surface area contributed by atoms with E-state index in [1.807, 2.05) is 30.3 Å². The number of likely N-dealkylation sites (tertiary alicyclic amines) is 1. The minimum Gasteiger partial charge on any atom is -0.480 e. The topological polar surface area (TPSA) is 83.4 Å². The highest BCUT2D eigenvalue weighted by atomic mass is 16.4. The molecule has 6 heteroatoms. The normalized spacial score (nSPS) is 17.5. The number of benzene rings is 1. The SMILES string of the molecule is O=C(O)C1CCCN1C(=O)c1cnc(-c2ccccc2)cn1. The molecule has 1 unspecified atom stereocenters. The van der Waals surface area contributed by atoms with Crippen LogP contribution in [0, 0.1) is 0 Å². The van der Waals surface area contributed by atoms with Crippen LogP contribution in [0.1, 0.15) is 23.3 Å². The van der Waals surface area contributed by atoms with E-state index in [4.69, 9.17) is 5.11 Å². The van der Waals surface area contributed by atoms with Gasteiger partial charge in [-0.1, -0.05) is 30.3 Å². The molecule has 1 aliphatic rings. The van der Waals surface area contributed by atoms with Gasteiger partial charge >= 0.3 is 5.97 Å². The molecular weight excluding hydrogens is 282 g/mol. The van der Waals surface area contributed by atoms with E-state index in [1.165, 1.54) is 17.3 Å². The molecule has 0 spiro atoms. The van der Waals surface area contributed by atoms with Gasteiger partial charge in [0, 0.05) is 12.1 Å². The highest BCUT2D eigenvalue weighted by molar-refractivity contribution is 5.95. The predicted octanol–water partition coefficient (Wildman–Crippen LogP) is 1.83. The second-order valence-electron chi connectivity index (χ2n) is 5.15. The molecule has 2 aromatic rings. The zero-order valence-corrected chi connectivity index (χ0v) is 11.8. The highest BCUT2D eigenvalue weighted by Gasteiger charge is 2.34. The van der Waals surface area contributed by atoms with Crippen molar-refractivity contribution in [2.45, 2.75) is 18.9 Å². The van der Waals surface area contributed by atoms with Gasteiger partial charge in [0.25, 0.3) is 5.91 Å². The van der Waals surface area contributed by atoms with Crippen molar-refractivity contribution in [3.63, 3.8) is 0 Å². The van der Waals surface area contributed by atoms with Gasteiger partial charge in [-0.3, -0.25) is 9.78 Å². The van der Waals surface area contributed by atoms with Gasteiger partial charge in [-0.05, 0) is 12.8 Å². The Morgan fingerprint density at radius 2 is 1.91 bits per heavy atom. The van der Waals surface area contributed by atoms with Gasteiger partial charge in [-0.2, -0.15) is 0 Å². The highest BCUT2D eigenvalue weighted by Crippen LogP contribution is 2.20. The third-order valence-electron chi connectivity index (χ3n) is 3.74. The molecule has 112 valence electrons. The van der Waals surface area contributed by atoms with Crippen molar-refractivity contribution < 1.29 is 14.7 Å². The number of hydrogen-bond donors (Lipinski definition) is 1. The zero-order chi connectivity index (χ0) is 15.5. The molecule has 1 N–H and O–H groups in total. The van der Waals surface area contributed by atoms with Crippen LogP contribution >= 0.6 is 0 Å². The monoisotopic (exact) mass is 297 g/mol. The number of nitrogens with zero attached hydrogens (tertiary/aromatic N) is 3. The molecule has 1 saturated heterocycles. The van der Waals surface area contributed by atoms with Crippen molar-refractivity contribution in [1.82, 2.24) is 14.9 Å². The van der Waals surface area contributed by atoms with Crippen LogP contribution in [0.3, 0.4) is 0 Å². The Morgan fingerprint density at radius 1 is 1.14 bits per heavy atom. The lowest BCUT2D eigenvalue weighted by molar-refractivity contribution is -0.141. The van der Waals surface area contributed by atoms with E-state index < -0.39 is 12.0 Å².